The normalized spacial score (nSPS) is 29.5. The summed E-state index contributed by atoms with van der Waals surface area (Å²) in [6, 6.07) is 0. The summed E-state index contributed by atoms with van der Waals surface area (Å²) >= 11 is 0. The lowest BCUT2D eigenvalue weighted by molar-refractivity contribution is -0.160. The van der Waals surface area contributed by atoms with Gasteiger partial charge in [0.1, 0.15) is 30.0 Å². The number of phenolic OH excluding ortho intramolecular Hbond substituents is 3. The molecule has 0 aromatic heterocycles. The van der Waals surface area contributed by atoms with Crippen LogP contribution in [0, 0.1) is 30.6 Å². The number of benzene rings is 2. The largest absolute Gasteiger partial charge is 0.507 e. The van der Waals surface area contributed by atoms with Crippen LogP contribution in [0.1, 0.15) is 76.9 Å². The van der Waals surface area contributed by atoms with Gasteiger partial charge < -0.3 is 64.1 Å². The number of oxime groups is 1. The van der Waals surface area contributed by atoms with Crippen LogP contribution < -0.4 is 10.1 Å². The zero-order valence-corrected chi connectivity index (χ0v) is 36.4. The Kier molecular flexibility index (Phi) is 16.7. The van der Waals surface area contributed by atoms with Gasteiger partial charge in [0.15, 0.2) is 5.75 Å². The van der Waals surface area contributed by atoms with Crippen molar-refractivity contribution in [3.63, 3.8) is 0 Å². The van der Waals surface area contributed by atoms with Gasteiger partial charge in [-0.25, -0.2) is 0 Å². The molecule has 5 rings (SSSR count). The number of aliphatic hydroxyl groups is 2. The molecule has 0 aliphatic carbocycles. The molecule has 9 atom stereocenters. The molecule has 2 aromatic carbocycles. The number of amides is 1. The van der Waals surface area contributed by atoms with Crippen LogP contribution in [-0.4, -0.2) is 120 Å². The minimum Gasteiger partial charge on any atom is -0.507 e. The van der Waals surface area contributed by atoms with Crippen molar-refractivity contribution in [3.8, 4) is 23.0 Å². The predicted octanol–water partition coefficient (Wildman–Crippen LogP) is 5.16. The summed E-state index contributed by atoms with van der Waals surface area (Å²) in [5, 5.41) is 64.0. The number of esters is 1. The summed E-state index contributed by atoms with van der Waals surface area (Å²) in [6.07, 6.45) is 4.39. The van der Waals surface area contributed by atoms with E-state index in [1.54, 1.807) is 39.8 Å². The van der Waals surface area contributed by atoms with Crippen molar-refractivity contribution in [2.75, 3.05) is 45.5 Å². The molecule has 3 aliphatic rings. The molecule has 9 unspecified atom stereocenters. The van der Waals surface area contributed by atoms with Crippen molar-refractivity contribution >= 4 is 40.3 Å². The number of Topliss-reactive ketones (excluding diaryl/α,β-unsaturated/α-hetero) is 1. The van der Waals surface area contributed by atoms with E-state index in [0.717, 1.165) is 6.21 Å². The molecule has 0 spiro atoms. The third-order valence-electron chi connectivity index (χ3n) is 11.2. The average molecular weight is 857 g/mol. The number of carbonyl (C=O) groups excluding carboxylic acids is 3. The highest BCUT2D eigenvalue weighted by molar-refractivity contribution is 6.23. The maximum Gasteiger partial charge on any atom is 0.312 e. The summed E-state index contributed by atoms with van der Waals surface area (Å²) in [5.41, 5.74) is -0.733. The second kappa shape index (κ2) is 21.1. The highest BCUT2D eigenvalue weighted by Crippen LogP contribution is 2.55. The number of anilines is 1. The Morgan fingerprint density at radius 1 is 0.918 bits per heavy atom. The van der Waals surface area contributed by atoms with E-state index in [-0.39, 0.29) is 57.7 Å². The molecule has 17 nitrogen and oxygen atoms in total. The summed E-state index contributed by atoms with van der Waals surface area (Å²) in [5.74, 6) is -8.83. The molecule has 5 bridgehead atoms. The fraction of sp³-hybridized carbons (Fsp3) is 0.545. The monoisotopic (exact) mass is 856 g/mol. The number of fused-ring (bicyclic) bond motifs is 14. The Morgan fingerprint density at radius 2 is 1.59 bits per heavy atom. The number of allylic oxidation sites excluding steroid dienone is 2. The van der Waals surface area contributed by atoms with Gasteiger partial charge in [-0.1, -0.05) is 51.1 Å². The molecular formula is C44H60N2O15. The summed E-state index contributed by atoms with van der Waals surface area (Å²) in [6.45, 7) is 15.6. The highest BCUT2D eigenvalue weighted by Gasteiger charge is 2.50. The van der Waals surface area contributed by atoms with Crippen molar-refractivity contribution in [1.82, 2.24) is 0 Å². The van der Waals surface area contributed by atoms with Crippen LogP contribution in [0.2, 0.25) is 0 Å². The third kappa shape index (κ3) is 10.6. The zero-order chi connectivity index (χ0) is 45.3. The molecule has 0 saturated carbocycles. The van der Waals surface area contributed by atoms with Gasteiger partial charge in [-0.05, 0) is 26.8 Å². The van der Waals surface area contributed by atoms with Gasteiger partial charge in [0.2, 0.25) is 0 Å². The molecule has 3 heterocycles. The van der Waals surface area contributed by atoms with Gasteiger partial charge in [-0.2, -0.15) is 0 Å². The second-order valence-corrected chi connectivity index (χ2v) is 15.5. The topological polar surface area (TPSA) is 241 Å². The maximum atomic E-state index is 14.4. The van der Waals surface area contributed by atoms with Gasteiger partial charge in [0.05, 0.1) is 72.8 Å². The number of hydrogen-bond acceptors (Lipinski definition) is 16. The number of phenols is 3. The maximum absolute atomic E-state index is 14.4. The standard InChI is InChI=1S/C44H60N2O15/c1-11-56-17-18-57-19-20-59-45-21-29-34-39(52)32-31(38(29)51)33-41(27(7)37(32)50)61-44(9,42(33)53)58-16-15-30(55-10)24(4)40(60-28(8)47)26(6)36(49)25(5)35(48)22(2)13-12-14-23(3)43(54)46-34/h12-16,21-22,24-26,30,35-36,40,48-52H,11,17-20H2,1-10H3,(H,46,54)/b13-12+,16-15+,23-14+,45-21-. The number of nitrogens with one attached hydrogen (secondary N) is 1. The summed E-state index contributed by atoms with van der Waals surface area (Å²) < 4.78 is 34.2. The predicted molar refractivity (Wildman–Crippen MR) is 225 cm³/mol. The van der Waals surface area contributed by atoms with Crippen molar-refractivity contribution in [1.29, 1.82) is 0 Å². The number of methoxy groups -OCH3 is 1. The first-order valence-corrected chi connectivity index (χ1v) is 20.2. The van der Waals surface area contributed by atoms with Crippen molar-refractivity contribution < 1.29 is 73.2 Å². The number of ketones is 1. The first-order valence-electron chi connectivity index (χ1n) is 20.2. The van der Waals surface area contributed by atoms with E-state index in [9.17, 15) is 39.9 Å². The van der Waals surface area contributed by atoms with Gasteiger partial charge >= 0.3 is 11.8 Å². The molecule has 6 N–H and O–H groups in total. The molecule has 1 amide bonds. The van der Waals surface area contributed by atoms with E-state index in [4.69, 9.17) is 33.3 Å². The number of hydrogen-bond donors (Lipinski definition) is 6. The fourth-order valence-corrected chi connectivity index (χ4v) is 7.48. The Balaban J connectivity index is 1.90. The van der Waals surface area contributed by atoms with Gasteiger partial charge in [0, 0.05) is 67.8 Å². The third-order valence-corrected chi connectivity index (χ3v) is 11.2. The number of aliphatic hydroxyl groups excluding tert-OH is 2. The zero-order valence-electron chi connectivity index (χ0n) is 36.4. The van der Waals surface area contributed by atoms with E-state index < -0.39 is 88.8 Å². The fourth-order valence-electron chi connectivity index (χ4n) is 7.48. The number of ether oxygens (including phenoxy) is 6. The average Bonchev–Trinajstić information content (AvgIpc) is 3.49. The molecule has 61 heavy (non-hydrogen) atoms. The van der Waals surface area contributed by atoms with Gasteiger partial charge in [-0.15, -0.1) is 0 Å². The lowest BCUT2D eigenvalue weighted by Crippen LogP contribution is -2.46. The molecule has 0 saturated heterocycles. The first kappa shape index (κ1) is 48.5. The molecule has 0 radical (unpaired) electrons. The lowest BCUT2D eigenvalue weighted by atomic mass is 9.78. The number of carbonyl (C=O) groups is 3. The van der Waals surface area contributed by atoms with E-state index in [1.165, 1.54) is 53.2 Å². The van der Waals surface area contributed by atoms with E-state index in [0.29, 0.717) is 19.8 Å². The number of rotatable bonds is 11. The number of nitrogens with zero attached hydrogens (tertiary/aromatic N) is 1. The van der Waals surface area contributed by atoms with Crippen LogP contribution >= 0.6 is 0 Å². The Morgan fingerprint density at radius 3 is 2.25 bits per heavy atom. The minimum atomic E-state index is -2.08. The van der Waals surface area contributed by atoms with Gasteiger partial charge in [0.25, 0.3) is 11.7 Å². The van der Waals surface area contributed by atoms with Crippen molar-refractivity contribution in [3.05, 3.63) is 52.8 Å². The highest BCUT2D eigenvalue weighted by atomic mass is 16.7. The Labute approximate surface area is 355 Å². The van der Waals surface area contributed by atoms with Crippen LogP contribution in [0.5, 0.6) is 23.0 Å². The number of aromatic hydroxyl groups is 3. The second-order valence-electron chi connectivity index (χ2n) is 15.5. The summed E-state index contributed by atoms with van der Waals surface area (Å²) in [4.78, 5) is 45.7. The molecule has 2 aromatic rings. The van der Waals surface area contributed by atoms with E-state index in [1.807, 2.05) is 6.92 Å². The van der Waals surface area contributed by atoms with Crippen molar-refractivity contribution in [2.45, 2.75) is 92.5 Å². The van der Waals surface area contributed by atoms with Crippen LogP contribution in [0.15, 0.2) is 41.3 Å². The molecule has 0 fully saturated rings. The SMILES string of the molecule is CCOCCOCCO/N=C\c1c2c(O)c3c(O)c(C)c4c(c3c1O)C(=O)C(C)(O/C=C/C(OC)C(C)C(OC(C)=O)C(C)C(O)C(C)C(O)C(C)/C=C/C=C(\C)C(=O)N2)O4. The minimum absolute atomic E-state index is 0.0132. The summed E-state index contributed by atoms with van der Waals surface area (Å²) in [7, 11) is 1.42. The van der Waals surface area contributed by atoms with Gasteiger partial charge in [-0.3, -0.25) is 14.4 Å². The molecule has 3 aliphatic heterocycles. The molecular weight excluding hydrogens is 796 g/mol. The van der Waals surface area contributed by atoms with E-state index in [2.05, 4.69) is 10.5 Å². The smallest absolute Gasteiger partial charge is 0.312 e. The van der Waals surface area contributed by atoms with Crippen LogP contribution in [-0.2, 0) is 38.1 Å². The Hall–Kier alpha value is -5.20. The van der Waals surface area contributed by atoms with E-state index >= 15 is 0 Å². The lowest BCUT2D eigenvalue weighted by Gasteiger charge is -2.38. The molecule has 17 heteroatoms. The van der Waals surface area contributed by atoms with Crippen LogP contribution in [0.3, 0.4) is 0 Å². The molecule has 336 valence electrons. The first-order chi connectivity index (χ1) is 28.8. The van der Waals surface area contributed by atoms with Crippen LogP contribution in [0.25, 0.3) is 10.8 Å². The van der Waals surface area contributed by atoms with Crippen LogP contribution in [0.4, 0.5) is 5.69 Å². The quantitative estimate of drug-likeness (QED) is 0.0427. The Bertz CT molecular complexity index is 2040. The van der Waals surface area contributed by atoms with Crippen molar-refractivity contribution in [2.24, 2.45) is 28.8 Å².